The maximum Gasteiger partial charge on any atom is 0.240 e. The van der Waals surface area contributed by atoms with Gasteiger partial charge in [0.1, 0.15) is 5.69 Å². The lowest BCUT2D eigenvalue weighted by Gasteiger charge is -2.11. The highest BCUT2D eigenvalue weighted by Gasteiger charge is 2.28. The number of pyridine rings is 1. The average molecular weight is 397 g/mol. The first-order chi connectivity index (χ1) is 13.4. The van der Waals surface area contributed by atoms with Gasteiger partial charge in [-0.1, -0.05) is 18.2 Å². The van der Waals surface area contributed by atoms with E-state index in [0.717, 1.165) is 41.1 Å². The molecule has 6 nitrogen and oxygen atoms in total. The highest BCUT2D eigenvalue weighted by molar-refractivity contribution is 7.89. The molecule has 146 valence electrons. The minimum Gasteiger partial charge on any atom is -0.267 e. The predicted octanol–water partition coefficient (Wildman–Crippen LogP) is 3.42. The molecule has 0 atom stereocenters. The van der Waals surface area contributed by atoms with Crippen molar-refractivity contribution in [3.8, 4) is 11.4 Å². The van der Waals surface area contributed by atoms with Crippen molar-refractivity contribution in [2.75, 3.05) is 6.54 Å². The third-order valence-electron chi connectivity index (χ3n) is 4.98. The predicted molar refractivity (Wildman–Crippen MR) is 109 cm³/mol. The van der Waals surface area contributed by atoms with Crippen molar-refractivity contribution in [3.05, 3.63) is 65.5 Å². The standard InChI is InChI=1S/C21H24N4O2S/c1-15-6-7-16(2)21(13-15)28(26,27)23-11-12-25-20(17-8-9-17)14-19(24-25)18-5-3-4-10-22-18/h3-7,10,13-14,17,23H,8-9,11-12H2,1-2H3. The van der Waals surface area contributed by atoms with Crippen LogP contribution >= 0.6 is 0 Å². The van der Waals surface area contributed by atoms with Gasteiger partial charge in [0.05, 0.1) is 17.1 Å². The van der Waals surface area contributed by atoms with Crippen LogP contribution in [-0.4, -0.2) is 29.7 Å². The molecule has 1 fully saturated rings. The van der Waals surface area contributed by atoms with Gasteiger partial charge in [-0.2, -0.15) is 5.10 Å². The molecule has 1 aliphatic carbocycles. The molecule has 0 amide bonds. The summed E-state index contributed by atoms with van der Waals surface area (Å²) >= 11 is 0. The summed E-state index contributed by atoms with van der Waals surface area (Å²) in [5.41, 5.74) is 4.49. The van der Waals surface area contributed by atoms with Gasteiger partial charge in [-0.25, -0.2) is 13.1 Å². The summed E-state index contributed by atoms with van der Waals surface area (Å²) in [4.78, 5) is 4.71. The maximum atomic E-state index is 12.7. The number of aryl methyl sites for hydroxylation is 2. The van der Waals surface area contributed by atoms with Crippen molar-refractivity contribution in [1.29, 1.82) is 0 Å². The first-order valence-corrected chi connectivity index (χ1v) is 11.0. The van der Waals surface area contributed by atoms with Gasteiger partial charge in [0, 0.05) is 24.4 Å². The molecular weight excluding hydrogens is 372 g/mol. The van der Waals surface area contributed by atoms with E-state index in [4.69, 9.17) is 0 Å². The quantitative estimate of drug-likeness (QED) is 0.664. The minimum atomic E-state index is -3.55. The molecule has 0 bridgehead atoms. The molecule has 0 radical (unpaired) electrons. The summed E-state index contributed by atoms with van der Waals surface area (Å²) in [5, 5.41) is 4.69. The molecule has 0 aliphatic heterocycles. The van der Waals surface area contributed by atoms with E-state index < -0.39 is 10.0 Å². The Morgan fingerprint density at radius 3 is 2.64 bits per heavy atom. The molecule has 1 aliphatic rings. The summed E-state index contributed by atoms with van der Waals surface area (Å²) < 4.78 is 30.1. The summed E-state index contributed by atoms with van der Waals surface area (Å²) in [6.45, 7) is 4.48. The van der Waals surface area contributed by atoms with Crippen LogP contribution in [0, 0.1) is 13.8 Å². The summed E-state index contributed by atoms with van der Waals surface area (Å²) in [5.74, 6) is 0.514. The van der Waals surface area contributed by atoms with E-state index in [2.05, 4.69) is 20.9 Å². The van der Waals surface area contributed by atoms with Gasteiger partial charge in [0.2, 0.25) is 10.0 Å². The molecule has 7 heteroatoms. The van der Waals surface area contributed by atoms with Crippen LogP contribution in [0.1, 0.15) is 35.6 Å². The van der Waals surface area contributed by atoms with Crippen molar-refractivity contribution >= 4 is 10.0 Å². The number of hydrogen-bond donors (Lipinski definition) is 1. The number of hydrogen-bond acceptors (Lipinski definition) is 4. The van der Waals surface area contributed by atoms with E-state index in [1.54, 1.807) is 12.3 Å². The Morgan fingerprint density at radius 2 is 1.93 bits per heavy atom. The Kier molecular flexibility index (Phi) is 5.03. The normalized spacial score (nSPS) is 14.4. The second-order valence-electron chi connectivity index (χ2n) is 7.33. The van der Waals surface area contributed by atoms with Crippen molar-refractivity contribution in [3.63, 3.8) is 0 Å². The third-order valence-corrected chi connectivity index (χ3v) is 6.59. The van der Waals surface area contributed by atoms with Crippen LogP contribution < -0.4 is 4.72 Å². The van der Waals surface area contributed by atoms with Gasteiger partial charge >= 0.3 is 0 Å². The van der Waals surface area contributed by atoms with Crippen molar-refractivity contribution in [2.24, 2.45) is 0 Å². The Morgan fingerprint density at radius 1 is 1.11 bits per heavy atom. The third kappa shape index (κ3) is 4.00. The summed E-state index contributed by atoms with van der Waals surface area (Å²) in [6, 6.07) is 13.3. The van der Waals surface area contributed by atoms with Gasteiger partial charge in [0.15, 0.2) is 0 Å². The van der Waals surface area contributed by atoms with Crippen molar-refractivity contribution in [2.45, 2.75) is 44.0 Å². The average Bonchev–Trinajstić information content (AvgIpc) is 3.44. The zero-order chi connectivity index (χ0) is 19.7. The van der Waals surface area contributed by atoms with Crippen LogP contribution in [-0.2, 0) is 16.6 Å². The Hall–Kier alpha value is -2.51. The smallest absolute Gasteiger partial charge is 0.240 e. The number of benzene rings is 1. The molecule has 3 aromatic rings. The lowest BCUT2D eigenvalue weighted by molar-refractivity contribution is 0.551. The van der Waals surface area contributed by atoms with Crippen LogP contribution in [0.25, 0.3) is 11.4 Å². The highest BCUT2D eigenvalue weighted by atomic mass is 32.2. The molecule has 0 unspecified atom stereocenters. The van der Waals surface area contributed by atoms with Gasteiger partial charge in [-0.15, -0.1) is 0 Å². The van der Waals surface area contributed by atoms with E-state index in [-0.39, 0.29) is 0 Å². The number of sulfonamides is 1. The molecule has 2 aromatic heterocycles. The van der Waals surface area contributed by atoms with E-state index in [1.807, 2.05) is 48.9 Å². The van der Waals surface area contributed by atoms with Gasteiger partial charge in [-0.3, -0.25) is 9.67 Å². The Labute approximate surface area is 165 Å². The van der Waals surface area contributed by atoms with Crippen LogP contribution in [0.3, 0.4) is 0 Å². The fourth-order valence-corrected chi connectivity index (χ4v) is 4.67. The molecule has 0 saturated heterocycles. The van der Waals surface area contributed by atoms with E-state index >= 15 is 0 Å². The van der Waals surface area contributed by atoms with Gasteiger partial charge in [0.25, 0.3) is 0 Å². The molecule has 4 rings (SSSR count). The molecular formula is C21H24N4O2S. The highest BCUT2D eigenvalue weighted by Crippen LogP contribution is 2.41. The molecule has 1 N–H and O–H groups in total. The molecule has 1 aromatic carbocycles. The number of rotatable bonds is 7. The topological polar surface area (TPSA) is 76.9 Å². The zero-order valence-corrected chi connectivity index (χ0v) is 16.9. The van der Waals surface area contributed by atoms with E-state index in [9.17, 15) is 8.42 Å². The Balaban J connectivity index is 1.50. The van der Waals surface area contributed by atoms with E-state index in [1.165, 1.54) is 0 Å². The molecule has 28 heavy (non-hydrogen) atoms. The Bertz CT molecular complexity index is 1090. The maximum absolute atomic E-state index is 12.7. The van der Waals surface area contributed by atoms with Gasteiger partial charge < -0.3 is 0 Å². The van der Waals surface area contributed by atoms with Crippen molar-refractivity contribution in [1.82, 2.24) is 19.5 Å². The summed E-state index contributed by atoms with van der Waals surface area (Å²) in [7, 11) is -3.55. The van der Waals surface area contributed by atoms with Crippen molar-refractivity contribution < 1.29 is 8.42 Å². The lowest BCUT2D eigenvalue weighted by atomic mass is 10.2. The first-order valence-electron chi connectivity index (χ1n) is 9.50. The first kappa shape index (κ1) is 18.8. The zero-order valence-electron chi connectivity index (χ0n) is 16.1. The monoisotopic (exact) mass is 396 g/mol. The van der Waals surface area contributed by atoms with Crippen LogP contribution in [0.5, 0.6) is 0 Å². The largest absolute Gasteiger partial charge is 0.267 e. The fraction of sp³-hybridized carbons (Fsp3) is 0.333. The second-order valence-corrected chi connectivity index (χ2v) is 9.07. The minimum absolute atomic E-state index is 0.290. The fourth-order valence-electron chi connectivity index (χ4n) is 3.32. The second kappa shape index (κ2) is 7.48. The van der Waals surface area contributed by atoms with Crippen LogP contribution in [0.15, 0.2) is 53.6 Å². The molecule has 0 spiro atoms. The lowest BCUT2D eigenvalue weighted by Crippen LogP contribution is -2.28. The summed E-state index contributed by atoms with van der Waals surface area (Å²) in [6.07, 6.45) is 4.06. The van der Waals surface area contributed by atoms with Gasteiger partial charge in [-0.05, 0) is 62.1 Å². The molecule has 1 saturated carbocycles. The van der Waals surface area contributed by atoms with Crippen LogP contribution in [0.2, 0.25) is 0 Å². The number of aromatic nitrogens is 3. The number of nitrogens with zero attached hydrogens (tertiary/aromatic N) is 3. The number of nitrogens with one attached hydrogen (secondary N) is 1. The SMILES string of the molecule is Cc1ccc(C)c(S(=O)(=O)NCCn2nc(-c3ccccn3)cc2C2CC2)c1. The van der Waals surface area contributed by atoms with E-state index in [0.29, 0.717) is 23.9 Å². The molecule has 2 heterocycles. The van der Waals surface area contributed by atoms with Crippen LogP contribution in [0.4, 0.5) is 0 Å².